The smallest absolute Gasteiger partial charge is 0.277 e. The van der Waals surface area contributed by atoms with E-state index in [1.165, 1.54) is 23.0 Å². The van der Waals surface area contributed by atoms with E-state index in [1.807, 2.05) is 41.4 Å². The maximum Gasteiger partial charge on any atom is 0.277 e. The van der Waals surface area contributed by atoms with Crippen molar-refractivity contribution in [1.29, 1.82) is 0 Å². The number of ether oxygens (including phenoxy) is 1. The molecule has 3 atom stereocenters. The Bertz CT molecular complexity index is 1310. The first-order chi connectivity index (χ1) is 16.0. The van der Waals surface area contributed by atoms with Crippen molar-refractivity contribution in [2.75, 3.05) is 24.8 Å². The molecule has 2 aromatic carbocycles. The van der Waals surface area contributed by atoms with Crippen LogP contribution in [0.1, 0.15) is 34.1 Å². The van der Waals surface area contributed by atoms with Crippen LogP contribution in [0.25, 0.3) is 0 Å². The van der Waals surface area contributed by atoms with E-state index in [2.05, 4.69) is 0 Å². The first-order valence-corrected chi connectivity index (χ1v) is 11.0. The van der Waals surface area contributed by atoms with Gasteiger partial charge in [0.05, 0.1) is 6.61 Å². The Morgan fingerprint density at radius 1 is 1.00 bits per heavy atom. The summed E-state index contributed by atoms with van der Waals surface area (Å²) < 4.78 is 22.6. The Balaban J connectivity index is 1.63. The van der Waals surface area contributed by atoms with Gasteiger partial charge in [-0.15, -0.1) is 0 Å². The standard InChI is InChI=1S/C25H22FN3O4/c26-19-8-4-7-18-21(15-5-2-1-3-6-15)29-14-27(12-16-11-17(16)13-33-24(18)19)25(32)22-23(31)20(30)9-10-28(22)29/h1-10,16-17,21,31H,11-14H2/t16-,17-,21-/m1/s1. The zero-order chi connectivity index (χ0) is 22.7. The Kier molecular flexibility index (Phi) is 4.43. The average molecular weight is 447 g/mol. The van der Waals surface area contributed by atoms with Gasteiger partial charge in [-0.3, -0.25) is 19.3 Å². The quantitative estimate of drug-likeness (QED) is 0.621. The van der Waals surface area contributed by atoms with Gasteiger partial charge in [0, 0.05) is 24.4 Å². The first kappa shape index (κ1) is 19.8. The van der Waals surface area contributed by atoms with E-state index in [0.717, 1.165) is 12.0 Å². The van der Waals surface area contributed by atoms with Gasteiger partial charge < -0.3 is 14.7 Å². The molecule has 3 aromatic rings. The molecule has 1 amide bonds. The SMILES string of the molecule is O=C1c2c(O)c(=O)ccn2N2CN1C[C@H]1C[C@@H]1COc1c(F)cccc1[C@H]2c1ccccc1. The average Bonchev–Trinajstić information content (AvgIpc) is 3.56. The van der Waals surface area contributed by atoms with E-state index in [9.17, 15) is 14.7 Å². The van der Waals surface area contributed by atoms with Crippen LogP contribution in [0.5, 0.6) is 11.5 Å². The number of para-hydroxylation sites is 1. The van der Waals surface area contributed by atoms with E-state index in [1.54, 1.807) is 11.0 Å². The molecule has 0 spiro atoms. The molecule has 0 radical (unpaired) electrons. The second-order valence-corrected chi connectivity index (χ2v) is 8.87. The van der Waals surface area contributed by atoms with E-state index < -0.39 is 28.9 Å². The molecule has 1 N–H and O–H groups in total. The number of fused-ring (bicyclic) bond motifs is 6. The molecule has 2 aliphatic heterocycles. The van der Waals surface area contributed by atoms with E-state index in [4.69, 9.17) is 4.74 Å². The molecule has 0 saturated heterocycles. The molecule has 2 bridgehead atoms. The van der Waals surface area contributed by atoms with Crippen molar-refractivity contribution >= 4 is 5.91 Å². The number of benzene rings is 2. The van der Waals surface area contributed by atoms with Gasteiger partial charge in [0.25, 0.3) is 5.91 Å². The summed E-state index contributed by atoms with van der Waals surface area (Å²) in [7, 11) is 0. The fourth-order valence-electron chi connectivity index (χ4n) is 4.99. The molecule has 168 valence electrons. The zero-order valence-electron chi connectivity index (χ0n) is 17.7. The third-order valence-corrected chi connectivity index (χ3v) is 6.81. The molecule has 8 heteroatoms. The summed E-state index contributed by atoms with van der Waals surface area (Å²) in [5, 5.41) is 12.5. The highest BCUT2D eigenvalue weighted by Crippen LogP contribution is 2.44. The third kappa shape index (κ3) is 3.16. The number of amides is 1. The van der Waals surface area contributed by atoms with Crippen LogP contribution in [0.3, 0.4) is 0 Å². The largest absolute Gasteiger partial charge is 0.502 e. The molecule has 7 nitrogen and oxygen atoms in total. The topological polar surface area (TPSA) is 75.0 Å². The normalized spacial score (nSPS) is 23.5. The number of pyridine rings is 1. The number of aromatic hydroxyl groups is 1. The van der Waals surface area contributed by atoms with Crippen molar-refractivity contribution < 1.29 is 19.0 Å². The predicted molar refractivity (Wildman–Crippen MR) is 118 cm³/mol. The summed E-state index contributed by atoms with van der Waals surface area (Å²) in [6.45, 7) is 1.07. The van der Waals surface area contributed by atoms with Gasteiger partial charge in [-0.25, -0.2) is 4.39 Å². The lowest BCUT2D eigenvalue weighted by Gasteiger charge is -2.44. The number of halogens is 1. The van der Waals surface area contributed by atoms with Crippen molar-refractivity contribution in [3.63, 3.8) is 0 Å². The summed E-state index contributed by atoms with van der Waals surface area (Å²) in [6.07, 6.45) is 2.37. The molecule has 1 aliphatic carbocycles. The fraction of sp³-hybridized carbons (Fsp3) is 0.280. The highest BCUT2D eigenvalue weighted by molar-refractivity contribution is 5.96. The minimum absolute atomic E-state index is 0.0787. The van der Waals surface area contributed by atoms with Gasteiger partial charge in [-0.05, 0) is 29.9 Å². The van der Waals surface area contributed by atoms with Gasteiger partial charge in [0.2, 0.25) is 5.43 Å². The minimum Gasteiger partial charge on any atom is -0.502 e. The number of hydrogen-bond donors (Lipinski definition) is 1. The number of carbonyl (C=O) groups is 1. The highest BCUT2D eigenvalue weighted by Gasteiger charge is 2.44. The van der Waals surface area contributed by atoms with E-state index >= 15 is 4.39 Å². The van der Waals surface area contributed by atoms with Crippen LogP contribution in [0.2, 0.25) is 0 Å². The summed E-state index contributed by atoms with van der Waals surface area (Å²) in [5.74, 6) is -0.781. The molecule has 0 unspecified atom stereocenters. The van der Waals surface area contributed by atoms with Crippen LogP contribution >= 0.6 is 0 Å². The van der Waals surface area contributed by atoms with Gasteiger partial charge in [-0.2, -0.15) is 0 Å². The Labute approximate surface area is 189 Å². The molecule has 3 aliphatic rings. The summed E-state index contributed by atoms with van der Waals surface area (Å²) in [5.41, 5.74) is 0.774. The second-order valence-electron chi connectivity index (χ2n) is 8.87. The summed E-state index contributed by atoms with van der Waals surface area (Å²) in [6, 6.07) is 15.1. The maximum atomic E-state index is 15.1. The fourth-order valence-corrected chi connectivity index (χ4v) is 4.99. The number of hydrogen-bond acceptors (Lipinski definition) is 5. The van der Waals surface area contributed by atoms with E-state index in [0.29, 0.717) is 18.7 Å². The molecule has 3 heterocycles. The van der Waals surface area contributed by atoms with Crippen molar-refractivity contribution in [1.82, 2.24) is 9.58 Å². The van der Waals surface area contributed by atoms with Crippen LogP contribution in [0.15, 0.2) is 65.6 Å². The number of carbonyl (C=O) groups excluding carboxylic acids is 1. The lowest BCUT2D eigenvalue weighted by atomic mass is 9.96. The van der Waals surface area contributed by atoms with Crippen molar-refractivity contribution in [2.45, 2.75) is 12.5 Å². The van der Waals surface area contributed by atoms with Gasteiger partial charge in [-0.1, -0.05) is 42.5 Å². The van der Waals surface area contributed by atoms with Crippen molar-refractivity contribution in [3.8, 4) is 11.5 Å². The van der Waals surface area contributed by atoms with Crippen LogP contribution in [0.4, 0.5) is 4.39 Å². The van der Waals surface area contributed by atoms with Crippen LogP contribution in [-0.2, 0) is 0 Å². The van der Waals surface area contributed by atoms with Crippen LogP contribution < -0.4 is 15.2 Å². The van der Waals surface area contributed by atoms with Crippen LogP contribution in [-0.4, -0.2) is 40.4 Å². The van der Waals surface area contributed by atoms with Gasteiger partial charge in [0.15, 0.2) is 23.0 Å². The van der Waals surface area contributed by atoms with Crippen molar-refractivity contribution in [2.24, 2.45) is 11.8 Å². The minimum atomic E-state index is -0.615. The molecular formula is C25H22FN3O4. The maximum absolute atomic E-state index is 15.1. The van der Waals surface area contributed by atoms with Crippen LogP contribution in [0, 0.1) is 17.7 Å². The zero-order valence-corrected chi connectivity index (χ0v) is 17.7. The second kappa shape index (κ2) is 7.37. The monoisotopic (exact) mass is 447 g/mol. The first-order valence-electron chi connectivity index (χ1n) is 11.0. The number of nitrogens with zero attached hydrogens (tertiary/aromatic N) is 3. The summed E-state index contributed by atoms with van der Waals surface area (Å²) in [4.78, 5) is 27.2. The molecule has 1 aromatic heterocycles. The number of rotatable bonds is 1. The Morgan fingerprint density at radius 3 is 2.64 bits per heavy atom. The van der Waals surface area contributed by atoms with Gasteiger partial charge >= 0.3 is 0 Å². The lowest BCUT2D eigenvalue weighted by molar-refractivity contribution is 0.0667. The molecule has 6 rings (SSSR count). The predicted octanol–water partition coefficient (Wildman–Crippen LogP) is 2.86. The Morgan fingerprint density at radius 2 is 1.82 bits per heavy atom. The number of aromatic nitrogens is 1. The highest BCUT2D eigenvalue weighted by atomic mass is 19.1. The van der Waals surface area contributed by atoms with E-state index in [-0.39, 0.29) is 29.9 Å². The Hall–Kier alpha value is -3.81. The molecule has 1 fully saturated rings. The lowest BCUT2D eigenvalue weighted by Crippen LogP contribution is -2.55. The summed E-state index contributed by atoms with van der Waals surface area (Å²) >= 11 is 0. The van der Waals surface area contributed by atoms with Crippen molar-refractivity contribution in [3.05, 3.63) is 93.7 Å². The van der Waals surface area contributed by atoms with Gasteiger partial charge in [0.1, 0.15) is 12.7 Å². The molecule has 1 saturated carbocycles. The molecule has 33 heavy (non-hydrogen) atoms. The third-order valence-electron chi connectivity index (χ3n) is 6.81. The molecular weight excluding hydrogens is 425 g/mol.